The van der Waals surface area contributed by atoms with Crippen LogP contribution in [0.2, 0.25) is 0 Å². The van der Waals surface area contributed by atoms with E-state index in [1.54, 1.807) is 12.1 Å². The van der Waals surface area contributed by atoms with Gasteiger partial charge in [-0.05, 0) is 29.8 Å². The second-order valence-corrected chi connectivity index (χ2v) is 5.25. The number of nitrogens with two attached hydrogens (primary N) is 1. The third kappa shape index (κ3) is 2.19. The summed E-state index contributed by atoms with van der Waals surface area (Å²) in [6, 6.07) is 17.0. The Hall–Kier alpha value is -3.34. The van der Waals surface area contributed by atoms with Crippen LogP contribution in [-0.4, -0.2) is 19.6 Å². The van der Waals surface area contributed by atoms with Crippen molar-refractivity contribution in [2.24, 2.45) is 0 Å². The molecule has 0 fully saturated rings. The maximum absolute atomic E-state index is 9.50. The molecular formula is C18H14N4O. The Balaban J connectivity index is 2.04. The van der Waals surface area contributed by atoms with Gasteiger partial charge in [-0.25, -0.2) is 9.97 Å². The Morgan fingerprint density at radius 1 is 0.913 bits per heavy atom. The molecule has 112 valence electrons. The van der Waals surface area contributed by atoms with Crippen molar-refractivity contribution in [1.82, 2.24) is 14.5 Å². The normalized spacial score (nSPS) is 11.0. The van der Waals surface area contributed by atoms with Gasteiger partial charge >= 0.3 is 0 Å². The molecule has 0 spiro atoms. The average molecular weight is 302 g/mol. The molecule has 3 N–H and O–H groups in total. The number of anilines is 1. The Bertz CT molecular complexity index is 975. The molecule has 0 amide bonds. The van der Waals surface area contributed by atoms with Crippen LogP contribution in [0.5, 0.6) is 5.75 Å². The molecule has 2 aromatic carbocycles. The average Bonchev–Trinajstić information content (AvgIpc) is 2.97. The minimum absolute atomic E-state index is 0.220. The van der Waals surface area contributed by atoms with Crippen molar-refractivity contribution in [3.05, 3.63) is 67.1 Å². The van der Waals surface area contributed by atoms with Gasteiger partial charge in [0.25, 0.3) is 0 Å². The summed E-state index contributed by atoms with van der Waals surface area (Å²) in [4.78, 5) is 8.54. The van der Waals surface area contributed by atoms with Crippen molar-refractivity contribution < 1.29 is 5.11 Å². The molecular weight excluding hydrogens is 288 g/mol. The third-order valence-electron chi connectivity index (χ3n) is 3.82. The Labute approximate surface area is 132 Å². The Morgan fingerprint density at radius 3 is 2.39 bits per heavy atom. The fourth-order valence-electron chi connectivity index (χ4n) is 2.73. The van der Waals surface area contributed by atoms with Crippen LogP contribution in [0.15, 0.2) is 67.1 Å². The van der Waals surface area contributed by atoms with Gasteiger partial charge in [0.2, 0.25) is 0 Å². The molecule has 0 radical (unpaired) electrons. The van der Waals surface area contributed by atoms with Gasteiger partial charge in [0.15, 0.2) is 5.82 Å². The van der Waals surface area contributed by atoms with E-state index in [-0.39, 0.29) is 5.75 Å². The van der Waals surface area contributed by atoms with E-state index in [9.17, 15) is 5.11 Å². The molecule has 0 unspecified atom stereocenters. The molecule has 5 heteroatoms. The van der Waals surface area contributed by atoms with Crippen molar-refractivity contribution in [3.63, 3.8) is 0 Å². The maximum atomic E-state index is 9.50. The highest BCUT2D eigenvalue weighted by Gasteiger charge is 2.15. The van der Waals surface area contributed by atoms with Crippen LogP contribution in [0.3, 0.4) is 0 Å². The van der Waals surface area contributed by atoms with E-state index in [4.69, 9.17) is 5.73 Å². The van der Waals surface area contributed by atoms with E-state index < -0.39 is 0 Å². The molecule has 0 aliphatic carbocycles. The number of hydrogen-bond donors (Lipinski definition) is 2. The van der Waals surface area contributed by atoms with E-state index >= 15 is 0 Å². The summed E-state index contributed by atoms with van der Waals surface area (Å²) in [5.41, 5.74) is 10.6. The highest BCUT2D eigenvalue weighted by atomic mass is 16.3. The fraction of sp³-hybridized carbons (Fsp3) is 0. The first-order chi connectivity index (χ1) is 11.2. The molecule has 0 aliphatic heterocycles. The number of fused-ring (bicyclic) bond motifs is 1. The van der Waals surface area contributed by atoms with E-state index in [0.29, 0.717) is 5.82 Å². The van der Waals surface area contributed by atoms with Crippen LogP contribution < -0.4 is 5.73 Å². The van der Waals surface area contributed by atoms with Crippen molar-refractivity contribution in [2.45, 2.75) is 0 Å². The van der Waals surface area contributed by atoms with Gasteiger partial charge < -0.3 is 15.4 Å². The summed E-state index contributed by atoms with van der Waals surface area (Å²) in [5, 5.41) is 9.50. The summed E-state index contributed by atoms with van der Waals surface area (Å²) in [5.74, 6) is 0.642. The summed E-state index contributed by atoms with van der Waals surface area (Å²) < 4.78 is 1.95. The van der Waals surface area contributed by atoms with Crippen molar-refractivity contribution in [2.75, 3.05) is 5.73 Å². The topological polar surface area (TPSA) is 77.0 Å². The van der Waals surface area contributed by atoms with Crippen molar-refractivity contribution >= 4 is 16.9 Å². The molecule has 0 saturated heterocycles. The molecule has 0 atom stereocenters. The van der Waals surface area contributed by atoms with Gasteiger partial charge in [-0.2, -0.15) is 0 Å². The van der Waals surface area contributed by atoms with E-state index in [1.807, 2.05) is 53.2 Å². The minimum Gasteiger partial charge on any atom is -0.508 e. The predicted octanol–water partition coefficient (Wildman–Crippen LogP) is 3.38. The van der Waals surface area contributed by atoms with Gasteiger partial charge in [-0.3, -0.25) is 0 Å². The lowest BCUT2D eigenvalue weighted by molar-refractivity contribution is 0.475. The zero-order chi connectivity index (χ0) is 15.8. The second kappa shape index (κ2) is 5.14. The number of phenolic OH excluding ortho intramolecular Hbond substituents is 1. The molecule has 2 aromatic heterocycles. The number of benzene rings is 2. The quantitative estimate of drug-likeness (QED) is 0.595. The zero-order valence-electron chi connectivity index (χ0n) is 12.2. The number of hydrogen-bond acceptors (Lipinski definition) is 4. The van der Waals surface area contributed by atoms with E-state index in [1.165, 1.54) is 6.33 Å². The van der Waals surface area contributed by atoms with Crippen molar-refractivity contribution in [3.8, 4) is 22.6 Å². The lowest BCUT2D eigenvalue weighted by Crippen LogP contribution is -1.98. The summed E-state index contributed by atoms with van der Waals surface area (Å²) in [7, 11) is 0. The number of aromatic nitrogens is 3. The number of nitrogens with zero attached hydrogens (tertiary/aromatic N) is 3. The molecule has 4 rings (SSSR count). The number of phenols is 1. The van der Waals surface area contributed by atoms with Gasteiger partial charge in [0.05, 0.1) is 0 Å². The van der Waals surface area contributed by atoms with Crippen LogP contribution in [0.4, 0.5) is 5.82 Å². The lowest BCUT2D eigenvalue weighted by Gasteiger charge is -2.06. The predicted molar refractivity (Wildman–Crippen MR) is 90.4 cm³/mol. The molecule has 5 nitrogen and oxygen atoms in total. The highest BCUT2D eigenvalue weighted by molar-refractivity contribution is 5.98. The second-order valence-electron chi connectivity index (χ2n) is 5.25. The first-order valence-electron chi connectivity index (χ1n) is 7.20. The van der Waals surface area contributed by atoms with Crippen molar-refractivity contribution in [1.29, 1.82) is 0 Å². The van der Waals surface area contributed by atoms with E-state index in [2.05, 4.69) is 9.97 Å². The first kappa shape index (κ1) is 13.3. The van der Waals surface area contributed by atoms with Gasteiger partial charge in [-0.1, -0.05) is 30.3 Å². The van der Waals surface area contributed by atoms with Crippen LogP contribution >= 0.6 is 0 Å². The third-order valence-corrected chi connectivity index (χ3v) is 3.82. The summed E-state index contributed by atoms with van der Waals surface area (Å²) in [6.07, 6.45) is 3.47. The lowest BCUT2D eigenvalue weighted by atomic mass is 10.1. The molecule has 0 saturated carbocycles. The largest absolute Gasteiger partial charge is 0.508 e. The Kier molecular flexibility index (Phi) is 2.98. The van der Waals surface area contributed by atoms with Gasteiger partial charge in [0.1, 0.15) is 23.1 Å². The summed E-state index contributed by atoms with van der Waals surface area (Å²) in [6.45, 7) is 0. The van der Waals surface area contributed by atoms with Crippen LogP contribution in [0.1, 0.15) is 0 Å². The van der Waals surface area contributed by atoms with E-state index in [0.717, 1.165) is 27.8 Å². The standard InChI is InChI=1S/C18H14N4O/c19-18-17-16(20-11-21-18)15(12-4-2-1-3-5-12)10-22(17)13-6-8-14(23)9-7-13/h1-11,23H,(H2,19,20,21). The number of nitrogen functional groups attached to an aromatic ring is 1. The molecule has 23 heavy (non-hydrogen) atoms. The zero-order valence-corrected chi connectivity index (χ0v) is 12.2. The van der Waals surface area contributed by atoms with Crippen LogP contribution in [-0.2, 0) is 0 Å². The SMILES string of the molecule is Nc1ncnc2c(-c3ccccc3)cn(-c3ccc(O)cc3)c12. The monoisotopic (exact) mass is 302 g/mol. The fourth-order valence-corrected chi connectivity index (χ4v) is 2.73. The first-order valence-corrected chi connectivity index (χ1v) is 7.20. The molecule has 2 heterocycles. The molecule has 4 aromatic rings. The molecule has 0 bridgehead atoms. The smallest absolute Gasteiger partial charge is 0.151 e. The van der Waals surface area contributed by atoms with Crippen LogP contribution in [0.25, 0.3) is 27.8 Å². The summed E-state index contributed by atoms with van der Waals surface area (Å²) >= 11 is 0. The molecule has 0 aliphatic rings. The van der Waals surface area contributed by atoms with Crippen LogP contribution in [0, 0.1) is 0 Å². The number of aromatic hydroxyl groups is 1. The number of rotatable bonds is 2. The van der Waals surface area contributed by atoms with Gasteiger partial charge in [0, 0.05) is 17.4 Å². The van der Waals surface area contributed by atoms with Gasteiger partial charge in [-0.15, -0.1) is 0 Å². The Morgan fingerprint density at radius 2 is 1.65 bits per heavy atom. The maximum Gasteiger partial charge on any atom is 0.151 e. The minimum atomic E-state index is 0.220. The highest BCUT2D eigenvalue weighted by Crippen LogP contribution is 2.33.